The number of rotatable bonds is 2. The van der Waals surface area contributed by atoms with Gasteiger partial charge in [0.1, 0.15) is 5.15 Å². The van der Waals surface area contributed by atoms with Crippen LogP contribution in [0.2, 0.25) is 5.15 Å². The minimum absolute atomic E-state index is 0.360. The monoisotopic (exact) mass is 200 g/mol. The van der Waals surface area contributed by atoms with E-state index in [2.05, 4.69) is 4.98 Å². The minimum Gasteiger partial charge on any atom is -0.391 e. The summed E-state index contributed by atoms with van der Waals surface area (Å²) in [6, 6.07) is 1.37. The zero-order valence-electron chi connectivity index (χ0n) is 7.66. The Morgan fingerprint density at radius 2 is 2.23 bits per heavy atom. The summed E-state index contributed by atoms with van der Waals surface area (Å²) in [6.07, 6.45) is 1.04. The molecule has 0 saturated carbocycles. The summed E-state index contributed by atoms with van der Waals surface area (Å²) in [5.41, 5.74) is 7.41. The fraction of sp³-hybridized carbons (Fsp3) is 0.444. The molecule has 1 rings (SSSR count). The highest BCUT2D eigenvalue weighted by Crippen LogP contribution is 2.22. The molecule has 0 bridgehead atoms. The molecular weight excluding hydrogens is 188 g/mol. The number of aryl methyl sites for hydroxylation is 1. The largest absolute Gasteiger partial charge is 0.391 e. The highest BCUT2D eigenvalue weighted by atomic mass is 35.5. The predicted molar refractivity (Wildman–Crippen MR) is 52.6 cm³/mol. The summed E-state index contributed by atoms with van der Waals surface area (Å²) < 4.78 is 0. The van der Waals surface area contributed by atoms with Gasteiger partial charge >= 0.3 is 0 Å². The molecule has 1 heterocycles. The minimum atomic E-state index is -0.624. The lowest BCUT2D eigenvalue weighted by molar-refractivity contribution is 0.164. The van der Waals surface area contributed by atoms with Crippen LogP contribution >= 0.6 is 11.6 Å². The van der Waals surface area contributed by atoms with Crippen LogP contribution in [0.25, 0.3) is 0 Å². The smallest absolute Gasteiger partial charge is 0.133 e. The van der Waals surface area contributed by atoms with E-state index in [1.54, 1.807) is 13.1 Å². The van der Waals surface area contributed by atoms with E-state index < -0.39 is 12.1 Å². The quantitative estimate of drug-likeness (QED) is 0.710. The van der Waals surface area contributed by atoms with Gasteiger partial charge in [0.2, 0.25) is 0 Å². The third-order valence-electron chi connectivity index (χ3n) is 1.88. The summed E-state index contributed by atoms with van der Waals surface area (Å²) in [5.74, 6) is 0. The maximum atomic E-state index is 9.28. The SMILES string of the molecule is Cc1cnc(Cl)c([C@@H](N)[C@H](C)O)c1. The van der Waals surface area contributed by atoms with Crippen molar-refractivity contribution < 1.29 is 5.11 Å². The lowest BCUT2D eigenvalue weighted by Crippen LogP contribution is -2.23. The van der Waals surface area contributed by atoms with Crippen molar-refractivity contribution in [1.82, 2.24) is 4.98 Å². The fourth-order valence-electron chi connectivity index (χ4n) is 1.07. The summed E-state index contributed by atoms with van der Waals surface area (Å²) in [4.78, 5) is 3.96. The molecular formula is C9H13ClN2O. The van der Waals surface area contributed by atoms with Crippen LogP contribution < -0.4 is 5.73 Å². The van der Waals surface area contributed by atoms with Gasteiger partial charge in [0.05, 0.1) is 12.1 Å². The Labute approximate surface area is 82.5 Å². The average molecular weight is 201 g/mol. The van der Waals surface area contributed by atoms with Gasteiger partial charge in [-0.15, -0.1) is 0 Å². The van der Waals surface area contributed by atoms with Crippen LogP contribution in [0.5, 0.6) is 0 Å². The summed E-state index contributed by atoms with van der Waals surface area (Å²) in [6.45, 7) is 3.53. The van der Waals surface area contributed by atoms with E-state index in [9.17, 15) is 5.11 Å². The molecule has 0 aromatic carbocycles. The lowest BCUT2D eigenvalue weighted by Gasteiger charge is -2.16. The van der Waals surface area contributed by atoms with Crippen LogP contribution in [-0.2, 0) is 0 Å². The van der Waals surface area contributed by atoms with Crippen LogP contribution in [0.15, 0.2) is 12.3 Å². The second-order valence-corrected chi connectivity index (χ2v) is 3.52. The molecule has 0 unspecified atom stereocenters. The number of hydrogen-bond acceptors (Lipinski definition) is 3. The van der Waals surface area contributed by atoms with Gasteiger partial charge in [-0.05, 0) is 25.5 Å². The molecule has 4 heteroatoms. The van der Waals surface area contributed by atoms with Gasteiger partial charge in [-0.1, -0.05) is 11.6 Å². The molecule has 0 saturated heterocycles. The van der Waals surface area contributed by atoms with Crippen molar-refractivity contribution in [1.29, 1.82) is 0 Å². The van der Waals surface area contributed by atoms with Gasteiger partial charge in [0.25, 0.3) is 0 Å². The highest BCUT2D eigenvalue weighted by Gasteiger charge is 2.15. The first kappa shape index (κ1) is 10.4. The zero-order chi connectivity index (χ0) is 10.0. The molecule has 0 fully saturated rings. The number of nitrogens with zero attached hydrogens (tertiary/aromatic N) is 1. The zero-order valence-corrected chi connectivity index (χ0v) is 8.42. The topological polar surface area (TPSA) is 59.1 Å². The average Bonchev–Trinajstić information content (AvgIpc) is 2.08. The Hall–Kier alpha value is -0.640. The Morgan fingerprint density at radius 1 is 1.62 bits per heavy atom. The summed E-state index contributed by atoms with van der Waals surface area (Å²) >= 11 is 5.83. The summed E-state index contributed by atoms with van der Waals surface area (Å²) in [5, 5.41) is 9.64. The Balaban J connectivity index is 3.05. The van der Waals surface area contributed by atoms with E-state index in [-0.39, 0.29) is 0 Å². The number of pyridine rings is 1. The molecule has 0 radical (unpaired) electrons. The molecule has 0 aliphatic heterocycles. The van der Waals surface area contributed by atoms with Gasteiger partial charge in [0.15, 0.2) is 0 Å². The number of hydrogen-bond donors (Lipinski definition) is 2. The van der Waals surface area contributed by atoms with Gasteiger partial charge in [0, 0.05) is 11.8 Å². The van der Waals surface area contributed by atoms with Crippen molar-refractivity contribution in [2.24, 2.45) is 5.73 Å². The molecule has 3 N–H and O–H groups in total. The lowest BCUT2D eigenvalue weighted by atomic mass is 10.0. The molecule has 1 aromatic rings. The van der Waals surface area contributed by atoms with E-state index in [0.29, 0.717) is 10.7 Å². The Kier molecular flexibility index (Phi) is 3.25. The van der Waals surface area contributed by atoms with Crippen LogP contribution in [0.1, 0.15) is 24.1 Å². The van der Waals surface area contributed by atoms with Crippen LogP contribution in [0.3, 0.4) is 0 Å². The summed E-state index contributed by atoms with van der Waals surface area (Å²) in [7, 11) is 0. The van der Waals surface area contributed by atoms with Gasteiger partial charge in [-0.25, -0.2) is 4.98 Å². The third-order valence-corrected chi connectivity index (χ3v) is 2.20. The van der Waals surface area contributed by atoms with E-state index in [1.807, 2.05) is 13.0 Å². The Morgan fingerprint density at radius 3 is 2.77 bits per heavy atom. The molecule has 72 valence electrons. The molecule has 0 spiro atoms. The van der Waals surface area contributed by atoms with Crippen LogP contribution in [0, 0.1) is 6.92 Å². The van der Waals surface area contributed by atoms with Crippen molar-refractivity contribution in [3.05, 3.63) is 28.5 Å². The van der Waals surface area contributed by atoms with E-state index in [4.69, 9.17) is 17.3 Å². The van der Waals surface area contributed by atoms with Crippen molar-refractivity contribution in [2.75, 3.05) is 0 Å². The maximum Gasteiger partial charge on any atom is 0.133 e. The predicted octanol–water partition coefficient (Wildman–Crippen LogP) is 1.42. The maximum absolute atomic E-state index is 9.28. The Bertz CT molecular complexity index is 302. The molecule has 13 heavy (non-hydrogen) atoms. The van der Waals surface area contributed by atoms with Crippen molar-refractivity contribution in [2.45, 2.75) is 26.0 Å². The first-order valence-electron chi connectivity index (χ1n) is 4.08. The standard InChI is InChI=1S/C9H13ClN2O/c1-5-3-7(8(11)6(2)13)9(10)12-4-5/h3-4,6,8,13H,11H2,1-2H3/t6-,8-/m0/s1. The highest BCUT2D eigenvalue weighted by molar-refractivity contribution is 6.30. The van der Waals surface area contributed by atoms with Gasteiger partial charge < -0.3 is 10.8 Å². The number of aliphatic hydroxyl groups excluding tert-OH is 1. The van der Waals surface area contributed by atoms with Gasteiger partial charge in [-0.2, -0.15) is 0 Å². The first-order valence-corrected chi connectivity index (χ1v) is 4.46. The number of nitrogens with two attached hydrogens (primary N) is 1. The molecule has 0 aliphatic rings. The van der Waals surface area contributed by atoms with Crippen LogP contribution in [-0.4, -0.2) is 16.2 Å². The van der Waals surface area contributed by atoms with Crippen LogP contribution in [0.4, 0.5) is 0 Å². The number of aliphatic hydroxyl groups is 1. The second kappa shape index (κ2) is 4.05. The molecule has 2 atom stereocenters. The van der Waals surface area contributed by atoms with Crippen molar-refractivity contribution in [3.8, 4) is 0 Å². The van der Waals surface area contributed by atoms with E-state index >= 15 is 0 Å². The first-order chi connectivity index (χ1) is 6.02. The fourth-order valence-corrected chi connectivity index (χ4v) is 1.30. The van der Waals surface area contributed by atoms with Crippen molar-refractivity contribution in [3.63, 3.8) is 0 Å². The number of aromatic nitrogens is 1. The normalized spacial score (nSPS) is 15.5. The number of halogens is 1. The molecule has 0 aliphatic carbocycles. The van der Waals surface area contributed by atoms with E-state index in [1.165, 1.54) is 0 Å². The molecule has 1 aromatic heterocycles. The third kappa shape index (κ3) is 2.40. The second-order valence-electron chi connectivity index (χ2n) is 3.16. The molecule has 0 amide bonds. The van der Waals surface area contributed by atoms with Gasteiger partial charge in [-0.3, -0.25) is 0 Å². The van der Waals surface area contributed by atoms with E-state index in [0.717, 1.165) is 5.56 Å². The molecule has 3 nitrogen and oxygen atoms in total. The van der Waals surface area contributed by atoms with Crippen molar-refractivity contribution >= 4 is 11.6 Å².